The van der Waals surface area contributed by atoms with Gasteiger partial charge in [-0.2, -0.15) is 43.4 Å². The molecule has 2 fully saturated rings. The number of amides is 2. The number of nitrogens with two attached hydrogens (primary N) is 1. The number of hydrogen-bond donors (Lipinski definition) is 3. The Kier molecular flexibility index (Phi) is 20.4. The van der Waals surface area contributed by atoms with E-state index in [1.54, 1.807) is 12.1 Å². The standard InChI is InChI=1S/C32H24F3N3O6S.C24H22F3N3O4S.CH4O3S.CH2O2/c33-32(34,35)23-7-5-6-22(16-23)20-10-12-21(13-11-20)28(39)19-36-18-24(45(43,44)37-14-3-4-15-37)17-27(31(36)42)38-29(40)25-8-1-2-9-26(25)30(38)41;25-24(26,27)19-5-3-4-18(12-19)16-6-8-17(9-7-16)22(31)15-29-14-20(13-21(28)23(29)32)35(33,34)30-10-1-2-11-30;1-5(2,3)4;2-1-3/h1-2,5-13,16-18H,3-4,14-15,19H2;3-9,12-14H,1-2,10-11,15,28H2;1H3,(H,2,3,4);1H,(H,2,3). The highest BCUT2D eigenvalue weighted by Crippen LogP contribution is 2.35. The lowest BCUT2D eigenvalue weighted by molar-refractivity contribution is -0.138. The van der Waals surface area contributed by atoms with Crippen LogP contribution in [0.4, 0.5) is 37.7 Å². The number of fused-ring (bicyclic) bond motifs is 1. The molecule has 7 aromatic rings. The third-order valence-electron chi connectivity index (χ3n) is 13.7. The van der Waals surface area contributed by atoms with Gasteiger partial charge in [-0.1, -0.05) is 84.9 Å². The van der Waals surface area contributed by atoms with E-state index in [0.717, 1.165) is 70.8 Å². The van der Waals surface area contributed by atoms with Gasteiger partial charge in [0.15, 0.2) is 11.6 Å². The molecular weight excluding hydrogens is 1230 g/mol. The summed E-state index contributed by atoms with van der Waals surface area (Å²) in [6, 6.07) is 29.2. The number of pyridine rings is 2. The number of sulfonamides is 2. The summed E-state index contributed by atoms with van der Waals surface area (Å²) in [4.78, 5) is 87.2. The molecule has 30 heteroatoms. The minimum absolute atomic E-state index is 0.0539. The van der Waals surface area contributed by atoms with Crippen LogP contribution < -0.4 is 21.8 Å². The van der Waals surface area contributed by atoms with Crippen LogP contribution in [0.5, 0.6) is 0 Å². The van der Waals surface area contributed by atoms with Crippen LogP contribution in [0.1, 0.15) is 78.2 Å². The number of carboxylic acid groups (broad SMARTS) is 1. The number of nitrogen functional groups attached to an aromatic ring is 1. The quantitative estimate of drug-likeness (QED) is 0.0324. The lowest BCUT2D eigenvalue weighted by Gasteiger charge is -2.20. The van der Waals surface area contributed by atoms with E-state index in [1.165, 1.54) is 93.5 Å². The van der Waals surface area contributed by atoms with Crippen molar-refractivity contribution < 1.29 is 85.2 Å². The van der Waals surface area contributed by atoms with E-state index in [-0.39, 0.29) is 62.9 Å². The summed E-state index contributed by atoms with van der Waals surface area (Å²) in [7, 11) is -11.7. The number of ketones is 2. The maximum atomic E-state index is 13.7. The van der Waals surface area contributed by atoms with E-state index in [9.17, 15) is 80.4 Å². The van der Waals surface area contributed by atoms with Crippen LogP contribution in [0, 0.1) is 0 Å². The highest BCUT2D eigenvalue weighted by atomic mass is 32.2. The summed E-state index contributed by atoms with van der Waals surface area (Å²) >= 11 is 0. The summed E-state index contributed by atoms with van der Waals surface area (Å²) in [5, 5.41) is 6.89. The molecule has 88 heavy (non-hydrogen) atoms. The predicted molar refractivity (Wildman–Crippen MR) is 308 cm³/mol. The van der Waals surface area contributed by atoms with Crippen molar-refractivity contribution in [1.29, 1.82) is 0 Å². The smallest absolute Gasteiger partial charge is 0.416 e. The number of anilines is 2. The number of halogens is 6. The fourth-order valence-electron chi connectivity index (χ4n) is 9.40. The molecule has 0 saturated carbocycles. The van der Waals surface area contributed by atoms with Gasteiger partial charge < -0.3 is 20.0 Å². The van der Waals surface area contributed by atoms with Crippen LogP contribution >= 0.6 is 0 Å². The second kappa shape index (κ2) is 27.0. The van der Waals surface area contributed by atoms with Crippen molar-refractivity contribution in [3.8, 4) is 22.3 Å². The van der Waals surface area contributed by atoms with Crippen LogP contribution in [0.2, 0.25) is 0 Å². The van der Waals surface area contributed by atoms with Crippen molar-refractivity contribution in [2.45, 2.75) is 60.9 Å². The number of rotatable bonds is 13. The van der Waals surface area contributed by atoms with Gasteiger partial charge in [-0.05, 0) is 96.5 Å². The summed E-state index contributed by atoms with van der Waals surface area (Å²) in [5.74, 6) is -2.70. The van der Waals surface area contributed by atoms with Crippen molar-refractivity contribution in [1.82, 2.24) is 17.7 Å². The zero-order valence-corrected chi connectivity index (χ0v) is 48.5. The molecule has 5 aromatic carbocycles. The number of hydrogen-bond acceptors (Lipinski definition) is 14. The van der Waals surface area contributed by atoms with Crippen molar-refractivity contribution in [2.24, 2.45) is 0 Å². The molecule has 3 aliphatic rings. The minimum Gasteiger partial charge on any atom is -0.483 e. The molecule has 4 N–H and O–H groups in total. The molecule has 0 aliphatic carbocycles. The number of benzene rings is 5. The van der Waals surface area contributed by atoms with Crippen LogP contribution in [-0.2, 0) is 60.4 Å². The fourth-order valence-corrected chi connectivity index (χ4v) is 12.5. The average molecular weight is 1280 g/mol. The van der Waals surface area contributed by atoms with E-state index in [2.05, 4.69) is 0 Å². The Morgan fingerprint density at radius 1 is 0.534 bits per heavy atom. The first-order valence-corrected chi connectivity index (χ1v) is 30.8. The van der Waals surface area contributed by atoms with Crippen LogP contribution in [0.25, 0.3) is 22.3 Å². The molecule has 5 heterocycles. The van der Waals surface area contributed by atoms with Crippen molar-refractivity contribution in [3.05, 3.63) is 200 Å². The van der Waals surface area contributed by atoms with E-state index < -0.39 is 107 Å². The SMILES string of the molecule is CS(=O)(=O)O.Nc1cc(S(=O)(=O)N2CCCC2)cn(CC(=O)c2ccc(-c3cccc(C(F)(F)F)c3)cc2)c1=O.O=C(Cn1cc(S(=O)(=O)N2CCCC2)cc(N2C(=O)c3ccccc3C2=O)c1=O)c1ccc(-c2cccc(C(F)(F)F)c2)cc1.O=CO. The molecule has 21 nitrogen and oxygen atoms in total. The zero-order valence-electron chi connectivity index (χ0n) is 46.0. The summed E-state index contributed by atoms with van der Waals surface area (Å²) in [6.07, 6.45) is -3.40. The monoisotopic (exact) mass is 1280 g/mol. The minimum atomic E-state index is -4.53. The molecule has 2 saturated heterocycles. The molecule has 0 spiro atoms. The van der Waals surface area contributed by atoms with E-state index in [4.69, 9.17) is 20.2 Å². The fraction of sp³-hybridized carbons (Fsp3) is 0.224. The summed E-state index contributed by atoms with van der Waals surface area (Å²) < 4.78 is 161. The van der Waals surface area contributed by atoms with Crippen molar-refractivity contribution in [2.75, 3.05) is 43.1 Å². The Hall–Kier alpha value is -8.94. The molecule has 3 aliphatic heterocycles. The third kappa shape index (κ3) is 15.8. The van der Waals surface area contributed by atoms with Gasteiger partial charge in [0.2, 0.25) is 20.0 Å². The highest BCUT2D eigenvalue weighted by molar-refractivity contribution is 7.89. The second-order valence-electron chi connectivity index (χ2n) is 19.8. The highest BCUT2D eigenvalue weighted by Gasteiger charge is 2.40. The first-order chi connectivity index (χ1) is 41.2. The third-order valence-corrected chi connectivity index (χ3v) is 17.4. The van der Waals surface area contributed by atoms with Gasteiger partial charge in [0, 0.05) is 49.7 Å². The zero-order chi connectivity index (χ0) is 64.7. The Bertz CT molecular complexity index is 4260. The summed E-state index contributed by atoms with van der Waals surface area (Å²) in [5.41, 5.74) is 3.66. The number of aromatic nitrogens is 2. The Morgan fingerprint density at radius 2 is 0.886 bits per heavy atom. The molecule has 0 unspecified atom stereocenters. The Morgan fingerprint density at radius 3 is 1.25 bits per heavy atom. The van der Waals surface area contributed by atoms with Gasteiger partial charge in [0.05, 0.1) is 47.3 Å². The largest absolute Gasteiger partial charge is 0.483 e. The van der Waals surface area contributed by atoms with E-state index in [1.807, 2.05) is 0 Å². The first kappa shape index (κ1) is 66.6. The van der Waals surface area contributed by atoms with Crippen molar-refractivity contribution >= 4 is 71.4 Å². The first-order valence-electron chi connectivity index (χ1n) is 26.1. The molecule has 0 atom stereocenters. The lowest BCUT2D eigenvalue weighted by atomic mass is 10.0. The van der Waals surface area contributed by atoms with Crippen LogP contribution in [0.3, 0.4) is 0 Å². The van der Waals surface area contributed by atoms with E-state index in [0.29, 0.717) is 53.8 Å². The maximum absolute atomic E-state index is 13.7. The normalized spacial score (nSPS) is 14.6. The summed E-state index contributed by atoms with van der Waals surface area (Å²) in [6.45, 7) is -0.0878. The Balaban J connectivity index is 0.000000229. The molecule has 464 valence electrons. The van der Waals surface area contributed by atoms with Gasteiger partial charge in [-0.25, -0.2) is 21.7 Å². The maximum Gasteiger partial charge on any atom is 0.416 e. The van der Waals surface area contributed by atoms with Crippen molar-refractivity contribution in [3.63, 3.8) is 0 Å². The average Bonchev–Trinajstić information content (AvgIpc) is 2.13. The number of carbonyl (C=O) groups is 5. The van der Waals surface area contributed by atoms with Gasteiger partial charge >= 0.3 is 12.4 Å². The molecule has 0 bridgehead atoms. The lowest BCUT2D eigenvalue weighted by Crippen LogP contribution is -2.38. The number of alkyl halides is 6. The van der Waals surface area contributed by atoms with Gasteiger partial charge in [0.1, 0.15) is 15.5 Å². The molecular formula is C58H52F6N6O15S3. The molecule has 2 aromatic heterocycles. The van der Waals surface area contributed by atoms with Gasteiger partial charge in [-0.15, -0.1) is 0 Å². The van der Waals surface area contributed by atoms with Gasteiger partial charge in [-0.3, -0.25) is 38.1 Å². The molecule has 2 amide bonds. The number of nitrogens with zero attached hydrogens (tertiary/aromatic N) is 5. The topological polar surface area (TPSA) is 308 Å². The van der Waals surface area contributed by atoms with Crippen LogP contribution in [-0.4, -0.2) is 115 Å². The molecule has 0 radical (unpaired) electrons. The predicted octanol–water partition coefficient (Wildman–Crippen LogP) is 7.99. The number of Topliss-reactive ketones (excluding diaryl/α,β-unsaturated/α-hetero) is 2. The molecule has 10 rings (SSSR count). The Labute approximate surface area is 498 Å². The van der Waals surface area contributed by atoms with E-state index >= 15 is 0 Å². The number of imide groups is 1. The van der Waals surface area contributed by atoms with Crippen LogP contribution in [0.15, 0.2) is 165 Å². The number of carbonyl (C=O) groups excluding carboxylic acids is 4. The second-order valence-corrected chi connectivity index (χ2v) is 25.1. The van der Waals surface area contributed by atoms with Gasteiger partial charge in [0.25, 0.3) is 39.5 Å².